The van der Waals surface area contributed by atoms with Gasteiger partial charge in [-0.05, 0) is 32.6 Å². The first-order valence-corrected chi connectivity index (χ1v) is 4.57. The van der Waals surface area contributed by atoms with Crippen molar-refractivity contribution in [3.8, 4) is 0 Å². The molecule has 2 fully saturated rings. The van der Waals surface area contributed by atoms with Crippen LogP contribution in [0, 0.1) is 5.92 Å². The maximum absolute atomic E-state index is 8.94. The first-order valence-electron chi connectivity index (χ1n) is 4.57. The van der Waals surface area contributed by atoms with Gasteiger partial charge in [0.15, 0.2) is 5.79 Å². The summed E-state index contributed by atoms with van der Waals surface area (Å²) in [5.41, 5.74) is 0. The van der Waals surface area contributed by atoms with Crippen molar-refractivity contribution in [3.05, 3.63) is 0 Å². The SMILES string of the molecule is CC1(C)OC2CC(CO)CC2O1. The first-order chi connectivity index (χ1) is 5.61. The van der Waals surface area contributed by atoms with E-state index in [0.29, 0.717) is 5.92 Å². The fraction of sp³-hybridized carbons (Fsp3) is 1.00. The summed E-state index contributed by atoms with van der Waals surface area (Å²) in [6, 6.07) is 0. The average Bonchev–Trinajstić information content (AvgIpc) is 2.40. The highest BCUT2D eigenvalue weighted by Gasteiger charge is 2.46. The van der Waals surface area contributed by atoms with E-state index in [-0.39, 0.29) is 18.8 Å². The number of hydrogen-bond donors (Lipinski definition) is 1. The molecule has 2 atom stereocenters. The maximum atomic E-state index is 8.94. The third-order valence-corrected chi connectivity index (χ3v) is 2.67. The quantitative estimate of drug-likeness (QED) is 0.639. The van der Waals surface area contributed by atoms with Crippen molar-refractivity contribution in [1.82, 2.24) is 0 Å². The second-order valence-corrected chi connectivity index (χ2v) is 4.23. The molecule has 2 unspecified atom stereocenters. The molecule has 0 aromatic rings. The smallest absolute Gasteiger partial charge is 0.163 e. The summed E-state index contributed by atoms with van der Waals surface area (Å²) in [6.45, 7) is 4.15. The van der Waals surface area contributed by atoms with Gasteiger partial charge in [0.05, 0.1) is 12.2 Å². The van der Waals surface area contributed by atoms with E-state index in [0.717, 1.165) is 12.8 Å². The Morgan fingerprint density at radius 1 is 1.25 bits per heavy atom. The molecule has 2 aliphatic rings. The molecule has 3 heteroatoms. The summed E-state index contributed by atoms with van der Waals surface area (Å²) >= 11 is 0. The van der Waals surface area contributed by atoms with Crippen molar-refractivity contribution in [3.63, 3.8) is 0 Å². The molecule has 1 saturated heterocycles. The third kappa shape index (κ3) is 1.37. The molecule has 12 heavy (non-hydrogen) atoms. The van der Waals surface area contributed by atoms with Crippen LogP contribution in [0.1, 0.15) is 26.7 Å². The molecule has 0 radical (unpaired) electrons. The van der Waals surface area contributed by atoms with Crippen molar-refractivity contribution in [2.75, 3.05) is 6.61 Å². The molecule has 0 bridgehead atoms. The summed E-state index contributed by atoms with van der Waals surface area (Å²) in [5.74, 6) is -0.0217. The van der Waals surface area contributed by atoms with Gasteiger partial charge in [0.2, 0.25) is 0 Å². The average molecular weight is 172 g/mol. The van der Waals surface area contributed by atoms with Crippen molar-refractivity contribution >= 4 is 0 Å². The first kappa shape index (κ1) is 8.48. The predicted molar refractivity (Wildman–Crippen MR) is 43.6 cm³/mol. The normalized spacial score (nSPS) is 44.8. The van der Waals surface area contributed by atoms with Gasteiger partial charge in [0.1, 0.15) is 0 Å². The van der Waals surface area contributed by atoms with Crippen LogP contribution in [0.15, 0.2) is 0 Å². The second-order valence-electron chi connectivity index (χ2n) is 4.23. The van der Waals surface area contributed by atoms with Crippen LogP contribution >= 0.6 is 0 Å². The second kappa shape index (κ2) is 2.69. The number of aliphatic hydroxyl groups is 1. The summed E-state index contributed by atoms with van der Waals surface area (Å²) in [4.78, 5) is 0. The standard InChI is InChI=1S/C9H16O3/c1-9(2)11-7-3-6(5-10)4-8(7)12-9/h6-8,10H,3-5H2,1-2H3. The Hall–Kier alpha value is -0.120. The highest BCUT2D eigenvalue weighted by Crippen LogP contribution is 2.40. The lowest BCUT2D eigenvalue weighted by Gasteiger charge is -2.19. The third-order valence-electron chi connectivity index (χ3n) is 2.67. The van der Waals surface area contributed by atoms with E-state index < -0.39 is 5.79 Å². The van der Waals surface area contributed by atoms with Crippen LogP contribution in [0.25, 0.3) is 0 Å². The zero-order chi connectivity index (χ0) is 8.77. The van der Waals surface area contributed by atoms with Gasteiger partial charge in [-0.3, -0.25) is 0 Å². The Kier molecular flexibility index (Phi) is 1.90. The Labute approximate surface area is 72.7 Å². The summed E-state index contributed by atoms with van der Waals surface area (Å²) < 4.78 is 11.3. The Balaban J connectivity index is 1.97. The monoisotopic (exact) mass is 172 g/mol. The van der Waals surface area contributed by atoms with Gasteiger partial charge in [0.25, 0.3) is 0 Å². The molecule has 0 aromatic carbocycles. The Morgan fingerprint density at radius 3 is 2.17 bits per heavy atom. The van der Waals surface area contributed by atoms with E-state index in [1.54, 1.807) is 0 Å². The number of rotatable bonds is 1. The van der Waals surface area contributed by atoms with E-state index in [2.05, 4.69) is 0 Å². The molecular weight excluding hydrogens is 156 g/mol. The molecule has 3 nitrogen and oxygen atoms in total. The number of hydrogen-bond acceptors (Lipinski definition) is 3. The van der Waals surface area contributed by atoms with E-state index in [4.69, 9.17) is 14.6 Å². The molecule has 1 aliphatic heterocycles. The van der Waals surface area contributed by atoms with Gasteiger partial charge < -0.3 is 14.6 Å². The van der Waals surface area contributed by atoms with E-state index in [1.165, 1.54) is 0 Å². The highest BCUT2D eigenvalue weighted by molar-refractivity contribution is 4.90. The minimum absolute atomic E-state index is 0.220. The molecule has 70 valence electrons. The Bertz CT molecular complexity index is 163. The number of fused-ring (bicyclic) bond motifs is 1. The van der Waals surface area contributed by atoms with E-state index >= 15 is 0 Å². The lowest BCUT2D eigenvalue weighted by Crippen LogP contribution is -2.23. The maximum Gasteiger partial charge on any atom is 0.163 e. The lowest BCUT2D eigenvalue weighted by atomic mass is 10.1. The molecule has 2 rings (SSSR count). The molecule has 1 heterocycles. The fourth-order valence-corrected chi connectivity index (χ4v) is 2.21. The number of aliphatic hydroxyl groups excluding tert-OH is 1. The molecule has 1 aliphatic carbocycles. The van der Waals surface area contributed by atoms with Gasteiger partial charge in [-0.1, -0.05) is 0 Å². The molecule has 0 amide bonds. The van der Waals surface area contributed by atoms with Crippen molar-refractivity contribution in [2.45, 2.75) is 44.7 Å². The van der Waals surface area contributed by atoms with Gasteiger partial charge in [-0.2, -0.15) is 0 Å². The predicted octanol–water partition coefficient (Wildman–Crippen LogP) is 0.909. The van der Waals surface area contributed by atoms with E-state index in [9.17, 15) is 0 Å². The van der Waals surface area contributed by atoms with Crippen LogP contribution in [0.2, 0.25) is 0 Å². The minimum Gasteiger partial charge on any atom is -0.396 e. The van der Waals surface area contributed by atoms with Crippen LogP contribution in [0.5, 0.6) is 0 Å². The highest BCUT2D eigenvalue weighted by atomic mass is 16.8. The summed E-state index contributed by atoms with van der Waals surface area (Å²) in [7, 11) is 0. The zero-order valence-electron chi connectivity index (χ0n) is 7.62. The molecule has 1 N–H and O–H groups in total. The lowest BCUT2D eigenvalue weighted by molar-refractivity contribution is -0.154. The summed E-state index contributed by atoms with van der Waals surface area (Å²) in [5, 5.41) is 8.94. The van der Waals surface area contributed by atoms with Crippen LogP contribution in [0.4, 0.5) is 0 Å². The van der Waals surface area contributed by atoms with E-state index in [1.807, 2.05) is 13.8 Å². The van der Waals surface area contributed by atoms with Crippen LogP contribution in [0.3, 0.4) is 0 Å². The van der Waals surface area contributed by atoms with Gasteiger partial charge >= 0.3 is 0 Å². The van der Waals surface area contributed by atoms with Crippen LogP contribution < -0.4 is 0 Å². The largest absolute Gasteiger partial charge is 0.396 e. The van der Waals surface area contributed by atoms with Gasteiger partial charge in [0, 0.05) is 6.61 Å². The summed E-state index contributed by atoms with van der Waals surface area (Å²) in [6.07, 6.45) is 2.34. The van der Waals surface area contributed by atoms with Crippen molar-refractivity contribution in [2.24, 2.45) is 5.92 Å². The van der Waals surface area contributed by atoms with Crippen molar-refractivity contribution in [1.29, 1.82) is 0 Å². The molecular formula is C9H16O3. The molecule has 0 aromatic heterocycles. The number of ether oxygens (including phenoxy) is 2. The topological polar surface area (TPSA) is 38.7 Å². The minimum atomic E-state index is -0.407. The Morgan fingerprint density at radius 2 is 1.75 bits per heavy atom. The molecule has 0 spiro atoms. The zero-order valence-corrected chi connectivity index (χ0v) is 7.62. The fourth-order valence-electron chi connectivity index (χ4n) is 2.21. The van der Waals surface area contributed by atoms with Crippen molar-refractivity contribution < 1.29 is 14.6 Å². The van der Waals surface area contributed by atoms with Crippen LogP contribution in [-0.2, 0) is 9.47 Å². The van der Waals surface area contributed by atoms with Crippen LogP contribution in [-0.4, -0.2) is 29.7 Å². The van der Waals surface area contributed by atoms with Gasteiger partial charge in [-0.15, -0.1) is 0 Å². The molecule has 1 saturated carbocycles. The van der Waals surface area contributed by atoms with Gasteiger partial charge in [-0.25, -0.2) is 0 Å².